The molecule has 90 valence electrons. The van der Waals surface area contributed by atoms with E-state index in [1.54, 1.807) is 12.1 Å². The second-order valence-electron chi connectivity index (χ2n) is 4.81. The van der Waals surface area contributed by atoms with Crippen molar-refractivity contribution in [3.8, 4) is 0 Å². The Bertz CT molecular complexity index is 534. The van der Waals surface area contributed by atoms with E-state index in [1.807, 2.05) is 10.9 Å². The van der Waals surface area contributed by atoms with Gasteiger partial charge in [-0.3, -0.25) is 4.68 Å². The van der Waals surface area contributed by atoms with Gasteiger partial charge in [0.2, 0.25) is 0 Å². The van der Waals surface area contributed by atoms with Crippen LogP contribution in [0.25, 0.3) is 10.9 Å². The fraction of sp³-hybridized carbons (Fsp3) is 0.462. The van der Waals surface area contributed by atoms with Crippen LogP contribution >= 0.6 is 0 Å². The number of likely N-dealkylation sites (N-methyl/N-ethyl adjacent to an activating group) is 1. The molecule has 0 spiro atoms. The van der Waals surface area contributed by atoms with Crippen LogP contribution in [0.3, 0.4) is 0 Å². The highest BCUT2D eigenvalue weighted by atomic mass is 19.1. The summed E-state index contributed by atoms with van der Waals surface area (Å²) in [5.41, 5.74) is 0.894. The number of aromatic nitrogens is 2. The Balaban J connectivity index is 1.92. The quantitative estimate of drug-likeness (QED) is 0.793. The van der Waals surface area contributed by atoms with Crippen molar-refractivity contribution in [2.24, 2.45) is 0 Å². The number of hydrogen-bond donors (Lipinski definition) is 0. The first-order valence-electron chi connectivity index (χ1n) is 6.05. The van der Waals surface area contributed by atoms with E-state index in [2.05, 4.69) is 17.0 Å². The van der Waals surface area contributed by atoms with Gasteiger partial charge >= 0.3 is 0 Å². The normalized spacial score (nSPS) is 21.4. The van der Waals surface area contributed by atoms with E-state index in [0.29, 0.717) is 6.04 Å². The van der Waals surface area contributed by atoms with Gasteiger partial charge in [-0.15, -0.1) is 0 Å². The number of nitrogens with zero attached hydrogens (tertiary/aromatic N) is 3. The van der Waals surface area contributed by atoms with Crippen LogP contribution in [0.5, 0.6) is 0 Å². The maximum Gasteiger partial charge on any atom is 0.125 e. The number of hydrogen-bond acceptors (Lipinski definition) is 2. The zero-order valence-corrected chi connectivity index (χ0v) is 9.93. The van der Waals surface area contributed by atoms with Crippen LogP contribution < -0.4 is 0 Å². The molecule has 3 rings (SSSR count). The largest absolute Gasteiger partial charge is 0.302 e. The molecule has 3 nitrogen and oxygen atoms in total. The van der Waals surface area contributed by atoms with Crippen LogP contribution in [0.15, 0.2) is 24.4 Å². The number of fused-ring (bicyclic) bond motifs is 1. The monoisotopic (exact) mass is 233 g/mol. The molecular weight excluding hydrogens is 217 g/mol. The van der Waals surface area contributed by atoms with Crippen molar-refractivity contribution in [1.82, 2.24) is 14.7 Å². The van der Waals surface area contributed by atoms with E-state index in [9.17, 15) is 4.39 Å². The van der Waals surface area contributed by atoms with Crippen molar-refractivity contribution >= 4 is 10.9 Å². The molecule has 0 N–H and O–H groups in total. The minimum absolute atomic E-state index is 0.195. The van der Waals surface area contributed by atoms with Crippen LogP contribution in [0.2, 0.25) is 0 Å². The van der Waals surface area contributed by atoms with E-state index in [1.165, 1.54) is 18.9 Å². The number of halogens is 1. The summed E-state index contributed by atoms with van der Waals surface area (Å²) in [6.45, 7) is 2.00. The molecule has 0 saturated carbocycles. The van der Waals surface area contributed by atoms with Crippen LogP contribution in [0, 0.1) is 5.82 Å². The molecule has 1 saturated heterocycles. The summed E-state index contributed by atoms with van der Waals surface area (Å²) in [5.74, 6) is -0.195. The first kappa shape index (κ1) is 10.7. The number of likely N-dealkylation sites (tertiary alicyclic amines) is 1. The van der Waals surface area contributed by atoms with Gasteiger partial charge in [0.25, 0.3) is 0 Å². The van der Waals surface area contributed by atoms with Crippen molar-refractivity contribution < 1.29 is 4.39 Å². The third-order valence-corrected chi connectivity index (χ3v) is 3.66. The molecule has 1 atom stereocenters. The van der Waals surface area contributed by atoms with Crippen molar-refractivity contribution in [3.05, 3.63) is 30.2 Å². The van der Waals surface area contributed by atoms with Crippen LogP contribution in [-0.4, -0.2) is 34.3 Å². The molecule has 0 amide bonds. The smallest absolute Gasteiger partial charge is 0.125 e. The molecule has 17 heavy (non-hydrogen) atoms. The highest BCUT2D eigenvalue weighted by Gasteiger charge is 2.21. The summed E-state index contributed by atoms with van der Waals surface area (Å²) < 4.78 is 15.2. The summed E-state index contributed by atoms with van der Waals surface area (Å²) in [7, 11) is 2.14. The Morgan fingerprint density at radius 3 is 3.12 bits per heavy atom. The second kappa shape index (κ2) is 4.11. The summed E-state index contributed by atoms with van der Waals surface area (Å²) in [6, 6.07) is 5.36. The minimum atomic E-state index is -0.195. The first-order chi connectivity index (χ1) is 8.24. The Morgan fingerprint density at radius 2 is 2.35 bits per heavy atom. The molecule has 1 aliphatic heterocycles. The maximum atomic E-state index is 13.2. The fourth-order valence-electron chi connectivity index (χ4n) is 2.60. The van der Waals surface area contributed by atoms with Gasteiger partial charge in [0, 0.05) is 11.4 Å². The summed E-state index contributed by atoms with van der Waals surface area (Å²) in [5, 5.41) is 5.36. The Morgan fingerprint density at radius 1 is 1.47 bits per heavy atom. The zero-order chi connectivity index (χ0) is 11.8. The third-order valence-electron chi connectivity index (χ3n) is 3.66. The molecule has 0 bridgehead atoms. The Kier molecular flexibility index (Phi) is 2.59. The van der Waals surface area contributed by atoms with Crippen molar-refractivity contribution in [1.29, 1.82) is 0 Å². The van der Waals surface area contributed by atoms with E-state index in [0.717, 1.165) is 24.0 Å². The number of benzene rings is 1. The average molecular weight is 233 g/mol. The maximum absolute atomic E-state index is 13.2. The lowest BCUT2D eigenvalue weighted by molar-refractivity contribution is 0.277. The van der Waals surface area contributed by atoms with E-state index >= 15 is 0 Å². The SMILES string of the molecule is CN1CCC[C@@H]1Cn1ncc2ccc(F)cc21. The predicted molar refractivity (Wildman–Crippen MR) is 65.3 cm³/mol. The van der Waals surface area contributed by atoms with Gasteiger partial charge in [0.1, 0.15) is 5.82 Å². The fourth-order valence-corrected chi connectivity index (χ4v) is 2.60. The molecule has 2 aromatic rings. The van der Waals surface area contributed by atoms with Gasteiger partial charge in [0.15, 0.2) is 0 Å². The van der Waals surface area contributed by atoms with Crippen molar-refractivity contribution in [2.45, 2.75) is 25.4 Å². The minimum Gasteiger partial charge on any atom is -0.302 e. The lowest BCUT2D eigenvalue weighted by Crippen LogP contribution is -2.29. The summed E-state index contributed by atoms with van der Waals surface area (Å²) in [4.78, 5) is 2.35. The van der Waals surface area contributed by atoms with Crippen LogP contribution in [-0.2, 0) is 6.54 Å². The lowest BCUT2D eigenvalue weighted by atomic mass is 10.2. The van der Waals surface area contributed by atoms with Crippen molar-refractivity contribution in [2.75, 3.05) is 13.6 Å². The molecule has 1 aromatic carbocycles. The van der Waals surface area contributed by atoms with E-state index < -0.39 is 0 Å². The summed E-state index contributed by atoms with van der Waals surface area (Å²) in [6.07, 6.45) is 4.26. The highest BCUT2D eigenvalue weighted by Crippen LogP contribution is 2.20. The number of rotatable bonds is 2. The van der Waals surface area contributed by atoms with Gasteiger partial charge in [0.05, 0.1) is 18.3 Å². The Labute approximate surface area is 99.8 Å². The topological polar surface area (TPSA) is 21.1 Å². The Hall–Kier alpha value is -1.42. The van der Waals surface area contributed by atoms with Gasteiger partial charge < -0.3 is 4.90 Å². The molecule has 1 fully saturated rings. The van der Waals surface area contributed by atoms with Gasteiger partial charge in [-0.05, 0) is 44.6 Å². The van der Waals surface area contributed by atoms with Crippen molar-refractivity contribution in [3.63, 3.8) is 0 Å². The molecule has 2 heterocycles. The standard InChI is InChI=1S/C13H16FN3/c1-16-6-2-3-12(16)9-17-13-7-11(14)5-4-10(13)8-15-17/h4-5,7-8,12H,2-3,6,9H2,1H3/t12-/m1/s1. The molecule has 4 heteroatoms. The first-order valence-corrected chi connectivity index (χ1v) is 6.05. The molecule has 1 aliphatic rings. The van der Waals surface area contributed by atoms with E-state index in [-0.39, 0.29) is 5.82 Å². The lowest BCUT2D eigenvalue weighted by Gasteiger charge is -2.19. The molecule has 0 unspecified atom stereocenters. The molecule has 1 aromatic heterocycles. The zero-order valence-electron chi connectivity index (χ0n) is 9.93. The molecule has 0 radical (unpaired) electrons. The second-order valence-corrected chi connectivity index (χ2v) is 4.81. The molecular formula is C13H16FN3. The molecule has 0 aliphatic carbocycles. The highest BCUT2D eigenvalue weighted by molar-refractivity contribution is 5.78. The van der Waals surface area contributed by atoms with Crippen LogP contribution in [0.1, 0.15) is 12.8 Å². The average Bonchev–Trinajstić information content (AvgIpc) is 2.88. The van der Waals surface area contributed by atoms with Crippen LogP contribution in [0.4, 0.5) is 4.39 Å². The summed E-state index contributed by atoms with van der Waals surface area (Å²) >= 11 is 0. The van der Waals surface area contributed by atoms with E-state index in [4.69, 9.17) is 0 Å². The predicted octanol–water partition coefficient (Wildman–Crippen LogP) is 2.27. The van der Waals surface area contributed by atoms with Gasteiger partial charge in [-0.25, -0.2) is 4.39 Å². The van der Waals surface area contributed by atoms with Gasteiger partial charge in [-0.2, -0.15) is 5.10 Å². The third kappa shape index (κ3) is 1.93. The van der Waals surface area contributed by atoms with Gasteiger partial charge in [-0.1, -0.05) is 0 Å².